The molecule has 5 heteroatoms. The van der Waals surface area contributed by atoms with Crippen LogP contribution in [0, 0.1) is 5.82 Å². The second-order valence-electron chi connectivity index (χ2n) is 6.97. The van der Waals surface area contributed by atoms with Gasteiger partial charge in [-0.3, -0.25) is 4.79 Å². The lowest BCUT2D eigenvalue weighted by atomic mass is 9.78. The molecule has 2 aromatic rings. The van der Waals surface area contributed by atoms with E-state index >= 15 is 0 Å². The van der Waals surface area contributed by atoms with Crippen molar-refractivity contribution in [1.82, 2.24) is 0 Å². The van der Waals surface area contributed by atoms with Crippen molar-refractivity contribution in [3.63, 3.8) is 0 Å². The van der Waals surface area contributed by atoms with E-state index in [-0.39, 0.29) is 11.7 Å². The quantitative estimate of drug-likeness (QED) is 0.886. The fourth-order valence-corrected chi connectivity index (χ4v) is 3.90. The van der Waals surface area contributed by atoms with E-state index in [9.17, 15) is 9.18 Å². The average molecular weight is 355 g/mol. The summed E-state index contributed by atoms with van der Waals surface area (Å²) >= 11 is 0. The van der Waals surface area contributed by atoms with Crippen LogP contribution in [-0.2, 0) is 10.2 Å². The first-order valence-corrected chi connectivity index (χ1v) is 9.15. The van der Waals surface area contributed by atoms with E-state index < -0.39 is 5.41 Å². The van der Waals surface area contributed by atoms with Gasteiger partial charge in [0.25, 0.3) is 0 Å². The van der Waals surface area contributed by atoms with E-state index in [1.54, 1.807) is 12.1 Å². The number of ether oxygens (including phenoxy) is 2. The van der Waals surface area contributed by atoms with Crippen molar-refractivity contribution in [1.29, 1.82) is 0 Å². The van der Waals surface area contributed by atoms with Crippen molar-refractivity contribution in [2.24, 2.45) is 0 Å². The van der Waals surface area contributed by atoms with Crippen molar-refractivity contribution >= 4 is 11.6 Å². The van der Waals surface area contributed by atoms with E-state index in [4.69, 9.17) is 9.47 Å². The van der Waals surface area contributed by atoms with Crippen LogP contribution in [0.5, 0.6) is 11.5 Å². The molecule has 1 heterocycles. The van der Waals surface area contributed by atoms with Crippen LogP contribution in [0.4, 0.5) is 10.1 Å². The molecule has 0 aromatic heterocycles. The largest absolute Gasteiger partial charge is 0.490 e. The van der Waals surface area contributed by atoms with Crippen molar-refractivity contribution in [3.8, 4) is 11.5 Å². The molecular weight excluding hydrogens is 333 g/mol. The number of carbonyl (C=O) groups excluding carboxylic acids is 1. The van der Waals surface area contributed by atoms with Gasteiger partial charge in [0.2, 0.25) is 5.91 Å². The van der Waals surface area contributed by atoms with E-state index in [2.05, 4.69) is 5.32 Å². The Morgan fingerprint density at radius 2 is 1.73 bits per heavy atom. The molecule has 1 aliphatic heterocycles. The van der Waals surface area contributed by atoms with Gasteiger partial charge in [0.1, 0.15) is 5.82 Å². The summed E-state index contributed by atoms with van der Waals surface area (Å²) in [5, 5.41) is 3.02. The van der Waals surface area contributed by atoms with Gasteiger partial charge >= 0.3 is 0 Å². The van der Waals surface area contributed by atoms with Gasteiger partial charge in [0.05, 0.1) is 18.6 Å². The van der Waals surface area contributed by atoms with Gasteiger partial charge in [-0.1, -0.05) is 25.0 Å². The molecule has 0 unspecified atom stereocenters. The molecule has 0 bridgehead atoms. The van der Waals surface area contributed by atoms with Gasteiger partial charge in [0, 0.05) is 18.2 Å². The van der Waals surface area contributed by atoms with Crippen molar-refractivity contribution in [3.05, 3.63) is 53.8 Å². The average Bonchev–Trinajstić information content (AvgIpc) is 3.03. The summed E-state index contributed by atoms with van der Waals surface area (Å²) in [7, 11) is 0. The van der Waals surface area contributed by atoms with Crippen molar-refractivity contribution in [2.45, 2.75) is 37.5 Å². The first-order valence-electron chi connectivity index (χ1n) is 9.15. The zero-order chi connectivity index (χ0) is 18.0. The number of amides is 1. The van der Waals surface area contributed by atoms with Gasteiger partial charge in [-0.2, -0.15) is 0 Å². The topological polar surface area (TPSA) is 47.6 Å². The summed E-state index contributed by atoms with van der Waals surface area (Å²) in [6, 6.07) is 11.9. The third-order valence-electron chi connectivity index (χ3n) is 5.27. The Morgan fingerprint density at radius 1 is 0.962 bits per heavy atom. The van der Waals surface area contributed by atoms with Crippen LogP contribution in [0.1, 0.15) is 37.7 Å². The molecule has 0 spiro atoms. The molecule has 4 rings (SSSR count). The Kier molecular flexibility index (Phi) is 4.53. The third-order valence-corrected chi connectivity index (χ3v) is 5.27. The lowest BCUT2D eigenvalue weighted by molar-refractivity contribution is -0.121. The summed E-state index contributed by atoms with van der Waals surface area (Å²) in [5.41, 5.74) is 0.746. The maximum Gasteiger partial charge on any atom is 0.235 e. The zero-order valence-corrected chi connectivity index (χ0v) is 14.6. The Morgan fingerprint density at radius 3 is 2.50 bits per heavy atom. The predicted octanol–water partition coefficient (Wildman–Crippen LogP) is 4.44. The van der Waals surface area contributed by atoms with Crippen LogP contribution in [0.3, 0.4) is 0 Å². The first kappa shape index (κ1) is 16.9. The highest BCUT2D eigenvalue weighted by Gasteiger charge is 2.42. The summed E-state index contributed by atoms with van der Waals surface area (Å²) in [6.45, 7) is 1.22. The van der Waals surface area contributed by atoms with Crippen LogP contribution in [0.15, 0.2) is 42.5 Å². The maximum atomic E-state index is 13.7. The minimum atomic E-state index is -0.674. The summed E-state index contributed by atoms with van der Waals surface area (Å²) in [4.78, 5) is 13.2. The van der Waals surface area contributed by atoms with E-state index in [0.717, 1.165) is 37.7 Å². The maximum absolute atomic E-state index is 13.7. The molecule has 1 N–H and O–H groups in total. The van der Waals surface area contributed by atoms with Gasteiger partial charge < -0.3 is 14.8 Å². The molecule has 2 aliphatic rings. The molecule has 1 fully saturated rings. The molecule has 0 saturated heterocycles. The molecule has 26 heavy (non-hydrogen) atoms. The first-order chi connectivity index (χ1) is 12.7. The minimum absolute atomic E-state index is 0.0879. The second-order valence-corrected chi connectivity index (χ2v) is 6.97. The Labute approximate surface area is 152 Å². The number of anilines is 1. The van der Waals surface area contributed by atoms with Crippen LogP contribution in [0.25, 0.3) is 0 Å². The Hall–Kier alpha value is -2.56. The van der Waals surface area contributed by atoms with Crippen molar-refractivity contribution < 1.29 is 18.7 Å². The minimum Gasteiger partial charge on any atom is -0.490 e. The fraction of sp³-hybridized carbons (Fsp3) is 0.381. The molecule has 4 nitrogen and oxygen atoms in total. The van der Waals surface area contributed by atoms with Gasteiger partial charge in [-0.25, -0.2) is 4.39 Å². The number of benzene rings is 2. The normalized spacial score (nSPS) is 18.2. The summed E-state index contributed by atoms with van der Waals surface area (Å²) in [5.74, 6) is 0.944. The molecule has 0 radical (unpaired) electrons. The fourth-order valence-electron chi connectivity index (χ4n) is 3.90. The highest BCUT2D eigenvalue weighted by atomic mass is 19.1. The number of hydrogen-bond acceptors (Lipinski definition) is 3. The van der Waals surface area contributed by atoms with E-state index in [1.807, 2.05) is 18.2 Å². The standard InChI is InChI=1S/C21H22FNO3/c22-16-6-3-5-15(13-16)21(9-1-2-10-21)20(24)23-17-7-8-18-19(14-17)26-12-4-11-25-18/h3,5-8,13-14H,1-2,4,9-12H2,(H,23,24). The molecule has 2 aromatic carbocycles. The number of halogens is 1. The predicted molar refractivity (Wildman–Crippen MR) is 97.2 cm³/mol. The highest BCUT2D eigenvalue weighted by Crippen LogP contribution is 2.42. The summed E-state index contributed by atoms with van der Waals surface area (Å²) in [6.07, 6.45) is 4.22. The summed E-state index contributed by atoms with van der Waals surface area (Å²) < 4.78 is 25.1. The number of rotatable bonds is 3. The zero-order valence-electron chi connectivity index (χ0n) is 14.6. The molecule has 1 amide bonds. The second kappa shape index (κ2) is 6.98. The smallest absolute Gasteiger partial charge is 0.235 e. The molecule has 0 atom stereocenters. The highest BCUT2D eigenvalue weighted by molar-refractivity contribution is 5.99. The number of nitrogens with one attached hydrogen (secondary N) is 1. The van der Waals surface area contributed by atoms with Crippen LogP contribution in [0.2, 0.25) is 0 Å². The molecule has 1 saturated carbocycles. The monoisotopic (exact) mass is 355 g/mol. The van der Waals surface area contributed by atoms with Gasteiger partial charge in [0.15, 0.2) is 11.5 Å². The van der Waals surface area contributed by atoms with E-state index in [0.29, 0.717) is 30.4 Å². The van der Waals surface area contributed by atoms with Crippen LogP contribution in [-0.4, -0.2) is 19.1 Å². The van der Waals surface area contributed by atoms with Crippen LogP contribution >= 0.6 is 0 Å². The Bertz CT molecular complexity index is 815. The lowest BCUT2D eigenvalue weighted by Crippen LogP contribution is -2.38. The molecule has 136 valence electrons. The molecular formula is C21H22FNO3. The van der Waals surface area contributed by atoms with Crippen molar-refractivity contribution in [2.75, 3.05) is 18.5 Å². The number of hydrogen-bond donors (Lipinski definition) is 1. The van der Waals surface area contributed by atoms with Gasteiger partial charge in [-0.15, -0.1) is 0 Å². The third kappa shape index (κ3) is 3.14. The Balaban J connectivity index is 1.61. The van der Waals surface area contributed by atoms with E-state index in [1.165, 1.54) is 12.1 Å². The van der Waals surface area contributed by atoms with Crippen LogP contribution < -0.4 is 14.8 Å². The van der Waals surface area contributed by atoms with Gasteiger partial charge in [-0.05, 0) is 42.7 Å². The lowest BCUT2D eigenvalue weighted by Gasteiger charge is -2.28. The SMILES string of the molecule is O=C(Nc1ccc2c(c1)OCCCO2)C1(c2cccc(F)c2)CCCC1. The molecule has 1 aliphatic carbocycles. The number of fused-ring (bicyclic) bond motifs is 1. The number of carbonyl (C=O) groups is 1.